The minimum absolute atomic E-state index is 0. The Morgan fingerprint density at radius 2 is 2.07 bits per heavy atom. The lowest BCUT2D eigenvalue weighted by Gasteiger charge is -2.26. The first kappa shape index (κ1) is 20.2. The topological polar surface area (TPSA) is 74.4 Å². The molecule has 2 aliphatic heterocycles. The van der Waals surface area contributed by atoms with Gasteiger partial charge in [-0.15, -0.1) is 12.4 Å². The van der Waals surface area contributed by atoms with E-state index in [2.05, 4.69) is 15.2 Å². The van der Waals surface area contributed by atoms with Crippen molar-refractivity contribution >= 4 is 41.0 Å². The molecular weight excluding hydrogens is 386 g/mol. The Hall–Kier alpha value is -1.54. The number of amides is 1. The summed E-state index contributed by atoms with van der Waals surface area (Å²) in [4.78, 5) is 30.0. The lowest BCUT2D eigenvalue weighted by Crippen LogP contribution is -2.41. The molecule has 1 amide bonds. The molecular formula is C19H24ClN3O3S. The van der Waals surface area contributed by atoms with E-state index in [4.69, 9.17) is 4.74 Å². The van der Waals surface area contributed by atoms with Gasteiger partial charge in [0, 0.05) is 54.0 Å². The lowest BCUT2D eigenvalue weighted by molar-refractivity contribution is 0.0383. The SMILES string of the molecule is Cl.O=C(NCCN1CCOCC1)c1ccc2[nH]c(=O)c3c(c2c1)CCSC3. The van der Waals surface area contributed by atoms with Crippen LogP contribution < -0.4 is 10.9 Å². The Bertz CT molecular complexity index is 880. The molecule has 1 saturated heterocycles. The number of benzene rings is 1. The Labute approximate surface area is 168 Å². The van der Waals surface area contributed by atoms with E-state index < -0.39 is 0 Å². The average Bonchev–Trinajstić information content (AvgIpc) is 2.69. The summed E-state index contributed by atoms with van der Waals surface area (Å²) in [6, 6.07) is 5.55. The number of nitrogens with one attached hydrogen (secondary N) is 2. The highest BCUT2D eigenvalue weighted by Crippen LogP contribution is 2.28. The zero-order valence-corrected chi connectivity index (χ0v) is 16.7. The van der Waals surface area contributed by atoms with Crippen molar-refractivity contribution in [1.29, 1.82) is 0 Å². The Balaban J connectivity index is 0.00000210. The zero-order valence-electron chi connectivity index (χ0n) is 15.1. The first-order valence-electron chi connectivity index (χ1n) is 9.06. The van der Waals surface area contributed by atoms with Crippen LogP contribution in [0.4, 0.5) is 0 Å². The number of aryl methyl sites for hydroxylation is 1. The zero-order chi connectivity index (χ0) is 17.9. The molecule has 0 bridgehead atoms. The van der Waals surface area contributed by atoms with Crippen LogP contribution in [-0.4, -0.2) is 60.9 Å². The molecule has 0 spiro atoms. The van der Waals surface area contributed by atoms with Crippen molar-refractivity contribution in [1.82, 2.24) is 15.2 Å². The Kier molecular flexibility index (Phi) is 6.81. The molecule has 0 aliphatic carbocycles. The summed E-state index contributed by atoms with van der Waals surface area (Å²) in [7, 11) is 0. The highest BCUT2D eigenvalue weighted by Gasteiger charge is 2.18. The van der Waals surface area contributed by atoms with Gasteiger partial charge in [-0.1, -0.05) is 0 Å². The van der Waals surface area contributed by atoms with Gasteiger partial charge in [0.25, 0.3) is 11.5 Å². The van der Waals surface area contributed by atoms with E-state index in [1.807, 2.05) is 12.1 Å². The van der Waals surface area contributed by atoms with E-state index >= 15 is 0 Å². The molecule has 6 nitrogen and oxygen atoms in total. The van der Waals surface area contributed by atoms with Crippen LogP contribution in [0.1, 0.15) is 21.5 Å². The first-order chi connectivity index (χ1) is 12.7. The van der Waals surface area contributed by atoms with Crippen LogP contribution in [-0.2, 0) is 16.9 Å². The van der Waals surface area contributed by atoms with Crippen LogP contribution in [0.3, 0.4) is 0 Å². The standard InChI is InChI=1S/C19H23N3O3S.ClH/c23-18(20-4-5-22-6-8-25-9-7-22)13-1-2-17-15(11-13)14-3-10-26-12-16(14)19(24)21-17;/h1-2,11H,3-10,12H2,(H,20,23)(H,21,24);1H. The maximum atomic E-state index is 12.5. The normalized spacial score (nSPS) is 17.2. The molecule has 2 aliphatic rings. The van der Waals surface area contributed by atoms with E-state index in [0.717, 1.165) is 72.8 Å². The number of hydrogen-bond acceptors (Lipinski definition) is 5. The predicted molar refractivity (Wildman–Crippen MR) is 111 cm³/mol. The molecule has 8 heteroatoms. The third-order valence-electron chi connectivity index (χ3n) is 5.05. The molecule has 0 saturated carbocycles. The molecule has 146 valence electrons. The van der Waals surface area contributed by atoms with Crippen molar-refractivity contribution in [3.63, 3.8) is 0 Å². The number of H-pyrrole nitrogens is 1. The van der Waals surface area contributed by atoms with Crippen molar-refractivity contribution in [2.45, 2.75) is 12.2 Å². The van der Waals surface area contributed by atoms with Crippen LogP contribution in [0.2, 0.25) is 0 Å². The predicted octanol–water partition coefficient (Wildman–Crippen LogP) is 1.80. The summed E-state index contributed by atoms with van der Waals surface area (Å²) in [5.41, 5.74) is 3.42. The molecule has 0 unspecified atom stereocenters. The second-order valence-electron chi connectivity index (χ2n) is 6.68. The van der Waals surface area contributed by atoms with Crippen molar-refractivity contribution in [2.24, 2.45) is 0 Å². The molecule has 1 aromatic heterocycles. The summed E-state index contributed by atoms with van der Waals surface area (Å²) >= 11 is 1.78. The third-order valence-corrected chi connectivity index (χ3v) is 6.04. The smallest absolute Gasteiger partial charge is 0.252 e. The number of carbonyl (C=O) groups excluding carboxylic acids is 1. The second-order valence-corrected chi connectivity index (χ2v) is 7.79. The van der Waals surface area contributed by atoms with Gasteiger partial charge in [0.1, 0.15) is 0 Å². The summed E-state index contributed by atoms with van der Waals surface area (Å²) in [5.74, 6) is 1.70. The van der Waals surface area contributed by atoms with Gasteiger partial charge in [-0.3, -0.25) is 14.5 Å². The number of halogens is 1. The summed E-state index contributed by atoms with van der Waals surface area (Å²) in [5, 5.41) is 4.01. The van der Waals surface area contributed by atoms with E-state index in [-0.39, 0.29) is 23.9 Å². The molecule has 2 aromatic rings. The molecule has 0 atom stereocenters. The van der Waals surface area contributed by atoms with Crippen molar-refractivity contribution < 1.29 is 9.53 Å². The Morgan fingerprint density at radius 3 is 2.89 bits per heavy atom. The fourth-order valence-corrected chi connectivity index (χ4v) is 4.58. The van der Waals surface area contributed by atoms with Crippen LogP contribution in [0, 0.1) is 0 Å². The van der Waals surface area contributed by atoms with Gasteiger partial charge < -0.3 is 15.0 Å². The molecule has 4 rings (SSSR count). The van der Waals surface area contributed by atoms with Crippen molar-refractivity contribution in [3.8, 4) is 0 Å². The van der Waals surface area contributed by atoms with Gasteiger partial charge in [0.2, 0.25) is 0 Å². The molecule has 1 fully saturated rings. The monoisotopic (exact) mass is 409 g/mol. The molecule has 2 N–H and O–H groups in total. The number of aromatic nitrogens is 1. The third kappa shape index (κ3) is 4.48. The van der Waals surface area contributed by atoms with Crippen molar-refractivity contribution in [2.75, 3.05) is 45.1 Å². The minimum Gasteiger partial charge on any atom is -0.379 e. The van der Waals surface area contributed by atoms with E-state index in [1.54, 1.807) is 17.8 Å². The fourth-order valence-electron chi connectivity index (χ4n) is 3.58. The number of carbonyl (C=O) groups is 1. The minimum atomic E-state index is -0.0645. The number of rotatable bonds is 4. The van der Waals surface area contributed by atoms with Gasteiger partial charge in [-0.2, -0.15) is 11.8 Å². The van der Waals surface area contributed by atoms with E-state index in [0.29, 0.717) is 12.1 Å². The number of aromatic amines is 1. The average molecular weight is 410 g/mol. The number of thioether (sulfide) groups is 1. The maximum absolute atomic E-state index is 12.5. The first-order valence-corrected chi connectivity index (χ1v) is 10.2. The van der Waals surface area contributed by atoms with Gasteiger partial charge in [0.05, 0.1) is 13.2 Å². The summed E-state index contributed by atoms with van der Waals surface area (Å²) in [6.07, 6.45) is 0.878. The maximum Gasteiger partial charge on any atom is 0.252 e. The highest BCUT2D eigenvalue weighted by molar-refractivity contribution is 7.98. The largest absolute Gasteiger partial charge is 0.379 e. The molecule has 27 heavy (non-hydrogen) atoms. The van der Waals surface area contributed by atoms with Gasteiger partial charge >= 0.3 is 0 Å². The van der Waals surface area contributed by atoms with E-state index in [1.165, 1.54) is 0 Å². The van der Waals surface area contributed by atoms with E-state index in [9.17, 15) is 9.59 Å². The van der Waals surface area contributed by atoms with Crippen LogP contribution in [0.15, 0.2) is 23.0 Å². The van der Waals surface area contributed by atoms with Crippen LogP contribution >= 0.6 is 24.2 Å². The van der Waals surface area contributed by atoms with Crippen LogP contribution in [0.25, 0.3) is 10.9 Å². The number of hydrogen-bond donors (Lipinski definition) is 2. The molecule has 0 radical (unpaired) electrons. The highest BCUT2D eigenvalue weighted by atomic mass is 35.5. The quantitative estimate of drug-likeness (QED) is 0.805. The second kappa shape index (κ2) is 9.10. The number of pyridine rings is 1. The Morgan fingerprint density at radius 1 is 1.26 bits per heavy atom. The molecule has 3 heterocycles. The van der Waals surface area contributed by atoms with Gasteiger partial charge in [-0.25, -0.2) is 0 Å². The summed E-state index contributed by atoms with van der Waals surface area (Å²) in [6.45, 7) is 4.83. The number of ether oxygens (including phenoxy) is 1. The van der Waals surface area contributed by atoms with Crippen molar-refractivity contribution in [3.05, 3.63) is 45.2 Å². The van der Waals surface area contributed by atoms with Gasteiger partial charge in [0.15, 0.2) is 0 Å². The fraction of sp³-hybridized carbons (Fsp3) is 0.474. The lowest BCUT2D eigenvalue weighted by atomic mass is 9.99. The van der Waals surface area contributed by atoms with Crippen LogP contribution in [0.5, 0.6) is 0 Å². The number of fused-ring (bicyclic) bond motifs is 3. The number of morpholine rings is 1. The number of nitrogens with zero attached hydrogens (tertiary/aromatic N) is 1. The van der Waals surface area contributed by atoms with Gasteiger partial charge in [-0.05, 0) is 35.9 Å². The summed E-state index contributed by atoms with van der Waals surface area (Å²) < 4.78 is 5.34. The molecule has 1 aromatic carbocycles.